The summed E-state index contributed by atoms with van der Waals surface area (Å²) in [6, 6.07) is 5.11. The minimum Gasteiger partial charge on any atom is -0.379 e. The van der Waals surface area contributed by atoms with Crippen LogP contribution in [-0.2, 0) is 21.4 Å². The smallest absolute Gasteiger partial charge is 0.329 e. The predicted molar refractivity (Wildman–Crippen MR) is 105 cm³/mol. The number of nitrogens with zero attached hydrogens (tertiary/aromatic N) is 3. The maximum absolute atomic E-state index is 12.8. The van der Waals surface area contributed by atoms with E-state index in [4.69, 9.17) is 4.74 Å². The van der Waals surface area contributed by atoms with Gasteiger partial charge in [-0.1, -0.05) is 18.2 Å². The summed E-state index contributed by atoms with van der Waals surface area (Å²) in [5, 5.41) is 2.33. The van der Waals surface area contributed by atoms with Crippen LogP contribution in [0.5, 0.6) is 0 Å². The van der Waals surface area contributed by atoms with Gasteiger partial charge in [0.2, 0.25) is 11.8 Å². The number of hydrogen-bond donors (Lipinski definition) is 1. The van der Waals surface area contributed by atoms with Gasteiger partial charge in [-0.25, -0.2) is 4.79 Å². The average molecular weight is 384 g/mol. The Morgan fingerprint density at radius 1 is 1.18 bits per heavy atom. The first-order chi connectivity index (χ1) is 13.5. The Kier molecular flexibility index (Phi) is 5.15. The molecule has 1 aromatic carbocycles. The third-order valence-corrected chi connectivity index (χ3v) is 5.41. The number of imidazole rings is 1. The van der Waals surface area contributed by atoms with Gasteiger partial charge in [0.25, 0.3) is 0 Å². The molecule has 148 valence electrons. The van der Waals surface area contributed by atoms with Crippen LogP contribution in [0, 0.1) is 0 Å². The van der Waals surface area contributed by atoms with Crippen LogP contribution in [-0.4, -0.2) is 58.7 Å². The van der Waals surface area contributed by atoms with Gasteiger partial charge in [0.1, 0.15) is 6.04 Å². The first-order valence-electron chi connectivity index (χ1n) is 9.56. The fraction of sp³-hybridized carbons (Fsp3) is 0.450. The van der Waals surface area contributed by atoms with Gasteiger partial charge in [-0.2, -0.15) is 0 Å². The van der Waals surface area contributed by atoms with Crippen molar-refractivity contribution in [1.29, 1.82) is 0 Å². The van der Waals surface area contributed by atoms with Gasteiger partial charge in [-0.3, -0.25) is 28.9 Å². The largest absolute Gasteiger partial charge is 0.379 e. The molecular weight excluding hydrogens is 360 g/mol. The second kappa shape index (κ2) is 7.73. The summed E-state index contributed by atoms with van der Waals surface area (Å²) < 4.78 is 8.41. The Hall–Kier alpha value is -2.71. The van der Waals surface area contributed by atoms with Gasteiger partial charge in [0.15, 0.2) is 0 Å². The third kappa shape index (κ3) is 3.53. The SMILES string of the molecule is Cn1c(=O)n(C2CCC(=O)NC2=O)c2ccc(/C=C/CN3CCOCC3)cc21. The molecule has 1 N–H and O–H groups in total. The number of aryl methyl sites for hydroxylation is 1. The van der Waals surface area contributed by atoms with E-state index in [9.17, 15) is 14.4 Å². The number of imide groups is 1. The number of amides is 2. The van der Waals surface area contributed by atoms with E-state index < -0.39 is 11.9 Å². The number of ether oxygens (including phenoxy) is 1. The lowest BCUT2D eigenvalue weighted by Crippen LogP contribution is -2.44. The zero-order chi connectivity index (χ0) is 19.7. The quantitative estimate of drug-likeness (QED) is 0.783. The van der Waals surface area contributed by atoms with Gasteiger partial charge in [-0.15, -0.1) is 0 Å². The molecule has 28 heavy (non-hydrogen) atoms. The normalized spacial score (nSPS) is 21.5. The number of carbonyl (C=O) groups excluding carboxylic acids is 2. The molecule has 0 radical (unpaired) electrons. The lowest BCUT2D eigenvalue weighted by atomic mass is 10.1. The van der Waals surface area contributed by atoms with Gasteiger partial charge in [0.05, 0.1) is 24.2 Å². The Bertz CT molecular complexity index is 998. The minimum atomic E-state index is -0.656. The highest BCUT2D eigenvalue weighted by molar-refractivity contribution is 6.00. The topological polar surface area (TPSA) is 85.6 Å². The van der Waals surface area contributed by atoms with E-state index in [0.29, 0.717) is 11.9 Å². The molecule has 0 bridgehead atoms. The third-order valence-electron chi connectivity index (χ3n) is 5.41. The van der Waals surface area contributed by atoms with Crippen molar-refractivity contribution < 1.29 is 14.3 Å². The van der Waals surface area contributed by atoms with Crippen LogP contribution in [0.1, 0.15) is 24.4 Å². The van der Waals surface area contributed by atoms with Crippen LogP contribution in [0.3, 0.4) is 0 Å². The van der Waals surface area contributed by atoms with Gasteiger partial charge in [0, 0.05) is 33.1 Å². The molecule has 2 amide bonds. The van der Waals surface area contributed by atoms with E-state index in [1.165, 1.54) is 4.57 Å². The zero-order valence-corrected chi connectivity index (χ0v) is 15.9. The first-order valence-corrected chi connectivity index (χ1v) is 9.56. The average Bonchev–Trinajstić information content (AvgIpc) is 2.94. The number of hydrogen-bond acceptors (Lipinski definition) is 5. The summed E-state index contributed by atoms with van der Waals surface area (Å²) in [5.74, 6) is -0.706. The van der Waals surface area contributed by atoms with E-state index in [1.54, 1.807) is 11.6 Å². The summed E-state index contributed by atoms with van der Waals surface area (Å²) in [7, 11) is 1.70. The Balaban J connectivity index is 1.60. The summed E-state index contributed by atoms with van der Waals surface area (Å²) in [6.07, 6.45) is 4.73. The van der Waals surface area contributed by atoms with Crippen LogP contribution < -0.4 is 11.0 Å². The van der Waals surface area contributed by atoms with E-state index in [-0.39, 0.29) is 18.0 Å². The van der Waals surface area contributed by atoms with Crippen molar-refractivity contribution in [3.05, 3.63) is 40.3 Å². The Morgan fingerprint density at radius 2 is 1.96 bits per heavy atom. The summed E-state index contributed by atoms with van der Waals surface area (Å²) >= 11 is 0. The summed E-state index contributed by atoms with van der Waals surface area (Å²) in [5.41, 5.74) is 2.21. The van der Waals surface area contributed by atoms with E-state index in [1.807, 2.05) is 24.3 Å². The van der Waals surface area contributed by atoms with Crippen molar-refractivity contribution in [2.24, 2.45) is 7.05 Å². The molecule has 0 aliphatic carbocycles. The number of piperidine rings is 1. The highest BCUT2D eigenvalue weighted by atomic mass is 16.5. The van der Waals surface area contributed by atoms with Crippen LogP contribution in [0.2, 0.25) is 0 Å². The molecule has 0 spiro atoms. The predicted octanol–water partition coefficient (Wildman–Crippen LogP) is 0.663. The molecule has 2 saturated heterocycles. The highest BCUT2D eigenvalue weighted by Gasteiger charge is 2.31. The van der Waals surface area contributed by atoms with E-state index in [2.05, 4.69) is 16.3 Å². The summed E-state index contributed by atoms with van der Waals surface area (Å²) in [6.45, 7) is 4.28. The lowest BCUT2D eigenvalue weighted by Gasteiger charge is -2.25. The number of morpholine rings is 1. The van der Waals surface area contributed by atoms with Crippen LogP contribution in [0.25, 0.3) is 17.1 Å². The van der Waals surface area contributed by atoms with Crippen LogP contribution in [0.4, 0.5) is 0 Å². The van der Waals surface area contributed by atoms with E-state index in [0.717, 1.165) is 43.9 Å². The fourth-order valence-corrected chi connectivity index (χ4v) is 3.84. The molecule has 1 aromatic heterocycles. The number of nitrogens with one attached hydrogen (secondary N) is 1. The summed E-state index contributed by atoms with van der Waals surface area (Å²) in [4.78, 5) is 38.8. The lowest BCUT2D eigenvalue weighted by molar-refractivity contribution is -0.135. The minimum absolute atomic E-state index is 0.238. The van der Waals surface area contributed by atoms with Crippen molar-refractivity contribution >= 4 is 28.9 Å². The maximum atomic E-state index is 12.8. The molecule has 3 heterocycles. The van der Waals surface area contributed by atoms with Gasteiger partial charge in [-0.05, 0) is 24.1 Å². The number of carbonyl (C=O) groups is 2. The van der Waals surface area contributed by atoms with Gasteiger partial charge < -0.3 is 4.74 Å². The number of rotatable bonds is 4. The molecule has 0 saturated carbocycles. The number of fused-ring (bicyclic) bond motifs is 1. The molecule has 2 aromatic rings. The van der Waals surface area contributed by atoms with Crippen molar-refractivity contribution in [3.63, 3.8) is 0 Å². The monoisotopic (exact) mass is 384 g/mol. The first kappa shape index (κ1) is 18.6. The Labute approximate surface area is 162 Å². The van der Waals surface area contributed by atoms with Crippen molar-refractivity contribution in [2.45, 2.75) is 18.9 Å². The maximum Gasteiger partial charge on any atom is 0.329 e. The molecule has 2 fully saturated rings. The fourth-order valence-electron chi connectivity index (χ4n) is 3.84. The van der Waals surface area contributed by atoms with Crippen LogP contribution >= 0.6 is 0 Å². The van der Waals surface area contributed by atoms with Crippen LogP contribution in [0.15, 0.2) is 29.1 Å². The Morgan fingerprint density at radius 3 is 2.71 bits per heavy atom. The highest BCUT2D eigenvalue weighted by Crippen LogP contribution is 2.24. The molecule has 8 heteroatoms. The van der Waals surface area contributed by atoms with Crippen molar-refractivity contribution in [3.8, 4) is 0 Å². The molecule has 4 rings (SSSR count). The molecule has 8 nitrogen and oxygen atoms in total. The van der Waals surface area contributed by atoms with Gasteiger partial charge >= 0.3 is 5.69 Å². The van der Waals surface area contributed by atoms with Crippen molar-refractivity contribution in [2.75, 3.05) is 32.8 Å². The number of benzene rings is 1. The zero-order valence-electron chi connectivity index (χ0n) is 15.9. The second-order valence-electron chi connectivity index (χ2n) is 7.24. The molecule has 1 atom stereocenters. The molecule has 2 aliphatic rings. The number of aromatic nitrogens is 2. The van der Waals surface area contributed by atoms with E-state index >= 15 is 0 Å². The molecule has 2 aliphatic heterocycles. The molecule has 1 unspecified atom stereocenters. The standard InChI is InChI=1S/C20H24N4O4/c1-22-17-13-14(3-2-8-23-9-11-28-12-10-23)4-5-15(17)24(20(22)27)16-6-7-18(25)21-19(16)26/h2-5,13,16H,6-12H2,1H3,(H,21,25,26)/b3-2+. The van der Waals surface area contributed by atoms with Crippen molar-refractivity contribution in [1.82, 2.24) is 19.4 Å². The second-order valence-corrected chi connectivity index (χ2v) is 7.24. The molecular formula is C20H24N4O4.